The number of benzene rings is 1. The van der Waals surface area contributed by atoms with Crippen LogP contribution in [0.4, 0.5) is 5.00 Å². The summed E-state index contributed by atoms with van der Waals surface area (Å²) in [7, 11) is 1.28. The number of hydrogen-bond acceptors (Lipinski definition) is 6. The van der Waals surface area contributed by atoms with Crippen molar-refractivity contribution in [3.05, 3.63) is 45.8 Å². The van der Waals surface area contributed by atoms with Crippen molar-refractivity contribution < 1.29 is 14.3 Å². The van der Waals surface area contributed by atoms with E-state index in [1.807, 2.05) is 18.4 Å². The van der Waals surface area contributed by atoms with Crippen molar-refractivity contribution in [2.45, 2.75) is 11.8 Å². The van der Waals surface area contributed by atoms with Crippen LogP contribution < -0.4 is 5.32 Å². The molecule has 0 atom stereocenters. The predicted octanol–water partition coefficient (Wildman–Crippen LogP) is 3.69. The molecule has 0 aliphatic rings. The summed E-state index contributed by atoms with van der Waals surface area (Å²) in [6.45, 7) is 1.66. The third kappa shape index (κ3) is 3.55. The molecule has 1 aromatic heterocycles. The maximum absolute atomic E-state index is 12.4. The quantitative estimate of drug-likeness (QED) is 0.675. The zero-order valence-electron chi connectivity index (χ0n) is 12.8. The van der Waals surface area contributed by atoms with Crippen molar-refractivity contribution in [2.24, 2.45) is 0 Å². The van der Waals surface area contributed by atoms with Gasteiger partial charge < -0.3 is 10.1 Å². The van der Waals surface area contributed by atoms with Gasteiger partial charge in [0.05, 0.1) is 12.7 Å². The number of thioether (sulfide) groups is 1. The second-order valence-electron chi connectivity index (χ2n) is 4.55. The van der Waals surface area contributed by atoms with E-state index in [4.69, 9.17) is 4.74 Å². The van der Waals surface area contributed by atoms with Crippen LogP contribution in [0, 0.1) is 18.3 Å². The van der Waals surface area contributed by atoms with Crippen LogP contribution in [-0.2, 0) is 4.74 Å². The van der Waals surface area contributed by atoms with Gasteiger partial charge in [0.2, 0.25) is 0 Å². The second kappa shape index (κ2) is 7.31. The van der Waals surface area contributed by atoms with Gasteiger partial charge in [0, 0.05) is 10.5 Å². The van der Waals surface area contributed by atoms with Gasteiger partial charge in [-0.05, 0) is 36.9 Å². The number of nitrogens with zero attached hydrogens (tertiary/aromatic N) is 1. The van der Waals surface area contributed by atoms with E-state index >= 15 is 0 Å². The molecule has 0 saturated carbocycles. The second-order valence-corrected chi connectivity index (χ2v) is 6.45. The molecule has 0 aliphatic carbocycles. The number of carbonyl (C=O) groups excluding carboxylic acids is 2. The molecule has 1 aromatic carbocycles. The first-order valence-electron chi connectivity index (χ1n) is 6.59. The Morgan fingerprint density at radius 1 is 1.39 bits per heavy atom. The summed E-state index contributed by atoms with van der Waals surface area (Å²) in [6, 6.07) is 9.20. The van der Waals surface area contributed by atoms with Gasteiger partial charge >= 0.3 is 5.97 Å². The first-order chi connectivity index (χ1) is 11.0. The summed E-state index contributed by atoms with van der Waals surface area (Å²) in [4.78, 5) is 25.4. The van der Waals surface area contributed by atoms with Crippen LogP contribution in [0.2, 0.25) is 0 Å². The molecule has 23 heavy (non-hydrogen) atoms. The molecule has 0 spiro atoms. The zero-order valence-corrected chi connectivity index (χ0v) is 14.4. The molecule has 0 saturated heterocycles. The maximum Gasteiger partial charge on any atom is 0.348 e. The van der Waals surface area contributed by atoms with E-state index in [1.165, 1.54) is 18.9 Å². The lowest BCUT2D eigenvalue weighted by Crippen LogP contribution is -2.11. The molecule has 2 rings (SSSR count). The fourth-order valence-electron chi connectivity index (χ4n) is 1.96. The maximum atomic E-state index is 12.4. The minimum Gasteiger partial charge on any atom is -0.465 e. The fourth-order valence-corrected chi connectivity index (χ4v) is 3.49. The van der Waals surface area contributed by atoms with Crippen LogP contribution in [0.1, 0.15) is 31.2 Å². The largest absolute Gasteiger partial charge is 0.465 e. The molecular weight excluding hydrogens is 332 g/mol. The SMILES string of the molecule is COC(=O)c1sc(NC(=O)c2cccc(SC)c2)c(C#N)c1C. The van der Waals surface area contributed by atoms with E-state index in [0.29, 0.717) is 21.0 Å². The third-order valence-electron chi connectivity index (χ3n) is 3.19. The summed E-state index contributed by atoms with van der Waals surface area (Å²) < 4.78 is 4.70. The number of anilines is 1. The summed E-state index contributed by atoms with van der Waals surface area (Å²) in [5.41, 5.74) is 1.29. The van der Waals surface area contributed by atoms with Gasteiger partial charge in [0.25, 0.3) is 5.91 Å². The van der Waals surface area contributed by atoms with Crippen molar-refractivity contribution in [3.8, 4) is 6.07 Å². The average Bonchev–Trinajstić information content (AvgIpc) is 2.89. The number of carbonyl (C=O) groups is 2. The lowest BCUT2D eigenvalue weighted by molar-refractivity contribution is 0.0605. The first kappa shape index (κ1) is 17.1. The Morgan fingerprint density at radius 2 is 2.13 bits per heavy atom. The van der Waals surface area contributed by atoms with Gasteiger partial charge in [0.1, 0.15) is 15.9 Å². The summed E-state index contributed by atoms with van der Waals surface area (Å²) in [5.74, 6) is -0.844. The number of ether oxygens (including phenoxy) is 1. The number of thiophene rings is 1. The Labute approximate surface area is 142 Å². The number of amides is 1. The highest BCUT2D eigenvalue weighted by Gasteiger charge is 2.22. The fraction of sp³-hybridized carbons (Fsp3) is 0.188. The Morgan fingerprint density at radius 3 is 2.74 bits per heavy atom. The third-order valence-corrected chi connectivity index (χ3v) is 5.10. The van der Waals surface area contributed by atoms with Crippen LogP contribution >= 0.6 is 23.1 Å². The smallest absolute Gasteiger partial charge is 0.348 e. The molecule has 0 bridgehead atoms. The van der Waals surface area contributed by atoms with Crippen molar-refractivity contribution >= 4 is 40.0 Å². The van der Waals surface area contributed by atoms with E-state index in [1.54, 1.807) is 25.1 Å². The van der Waals surface area contributed by atoms with Crippen molar-refractivity contribution in [2.75, 3.05) is 18.7 Å². The van der Waals surface area contributed by atoms with Gasteiger partial charge in [-0.25, -0.2) is 4.79 Å². The van der Waals surface area contributed by atoms with Crippen molar-refractivity contribution in [3.63, 3.8) is 0 Å². The molecule has 1 amide bonds. The van der Waals surface area contributed by atoms with E-state index < -0.39 is 5.97 Å². The van der Waals surface area contributed by atoms with E-state index in [9.17, 15) is 14.9 Å². The van der Waals surface area contributed by atoms with Gasteiger partial charge in [0.15, 0.2) is 0 Å². The van der Waals surface area contributed by atoms with Crippen molar-refractivity contribution in [1.82, 2.24) is 0 Å². The number of rotatable bonds is 4. The molecular formula is C16H14N2O3S2. The molecule has 2 aromatic rings. The monoisotopic (exact) mass is 346 g/mol. The average molecular weight is 346 g/mol. The molecule has 7 heteroatoms. The number of nitriles is 1. The molecule has 0 fully saturated rings. The molecule has 1 N–H and O–H groups in total. The molecule has 0 aliphatic heterocycles. The highest BCUT2D eigenvalue weighted by Crippen LogP contribution is 2.33. The topological polar surface area (TPSA) is 79.2 Å². The van der Waals surface area contributed by atoms with Gasteiger partial charge in [-0.2, -0.15) is 5.26 Å². The molecule has 1 heterocycles. The van der Waals surface area contributed by atoms with Crippen LogP contribution in [-0.4, -0.2) is 25.2 Å². The van der Waals surface area contributed by atoms with E-state index in [0.717, 1.165) is 16.2 Å². The molecule has 118 valence electrons. The van der Waals surface area contributed by atoms with Crippen LogP contribution in [0.25, 0.3) is 0 Å². The minimum atomic E-state index is -0.520. The first-order valence-corrected chi connectivity index (χ1v) is 8.63. The zero-order chi connectivity index (χ0) is 17.0. The number of esters is 1. The molecule has 0 unspecified atom stereocenters. The Kier molecular flexibility index (Phi) is 5.42. The Balaban J connectivity index is 2.34. The lowest BCUT2D eigenvalue weighted by Gasteiger charge is -2.05. The number of hydrogen-bond donors (Lipinski definition) is 1. The molecule has 5 nitrogen and oxygen atoms in total. The number of methoxy groups -OCH3 is 1. The van der Waals surface area contributed by atoms with Gasteiger partial charge in [-0.1, -0.05) is 6.07 Å². The van der Waals surface area contributed by atoms with Gasteiger partial charge in [-0.3, -0.25) is 4.79 Å². The van der Waals surface area contributed by atoms with Crippen molar-refractivity contribution in [1.29, 1.82) is 5.26 Å². The van der Waals surface area contributed by atoms with Gasteiger partial charge in [-0.15, -0.1) is 23.1 Å². The van der Waals surface area contributed by atoms with Crippen LogP contribution in [0.3, 0.4) is 0 Å². The van der Waals surface area contributed by atoms with Crippen LogP contribution in [0.15, 0.2) is 29.2 Å². The highest BCUT2D eigenvalue weighted by atomic mass is 32.2. The highest BCUT2D eigenvalue weighted by molar-refractivity contribution is 7.98. The predicted molar refractivity (Wildman–Crippen MR) is 91.3 cm³/mol. The minimum absolute atomic E-state index is 0.282. The summed E-state index contributed by atoms with van der Waals surface area (Å²) >= 11 is 2.58. The summed E-state index contributed by atoms with van der Waals surface area (Å²) in [5, 5.41) is 12.3. The van der Waals surface area contributed by atoms with E-state index in [-0.39, 0.29) is 11.5 Å². The number of nitrogens with one attached hydrogen (secondary N) is 1. The molecule has 0 radical (unpaired) electrons. The standard InChI is InChI=1S/C16H14N2O3S2/c1-9-12(8-17)15(23-13(9)16(20)21-2)18-14(19)10-5-4-6-11(7-10)22-3/h4-7H,1-3H3,(H,18,19). The van der Waals surface area contributed by atoms with Crippen LogP contribution in [0.5, 0.6) is 0 Å². The Hall–Kier alpha value is -2.30. The lowest BCUT2D eigenvalue weighted by atomic mass is 10.1. The summed E-state index contributed by atoms with van der Waals surface area (Å²) in [6.07, 6.45) is 1.93. The normalized spacial score (nSPS) is 10.0. The van der Waals surface area contributed by atoms with E-state index in [2.05, 4.69) is 5.32 Å². The Bertz CT molecular complexity index is 806.